The van der Waals surface area contributed by atoms with Crippen molar-refractivity contribution in [3.63, 3.8) is 0 Å². The molecule has 1 aromatic carbocycles. The molecule has 2 rings (SSSR count). The lowest BCUT2D eigenvalue weighted by atomic mass is 10.2. The van der Waals surface area contributed by atoms with Crippen LogP contribution in [0.3, 0.4) is 0 Å². The second-order valence-corrected chi connectivity index (χ2v) is 4.69. The third-order valence-electron chi connectivity index (χ3n) is 2.58. The smallest absolute Gasteiger partial charge is 0.172 e. The number of hydrogen-bond donors (Lipinski definition) is 0. The number of aldehydes is 1. The number of hydrogen-bond acceptors (Lipinski definition) is 4. The molecule has 0 saturated heterocycles. The average molecular weight is 300 g/mol. The fraction of sp³-hybridized carbons (Fsp3) is 0.250. The minimum Gasteiger partial charge on any atom is -0.378 e. The van der Waals surface area contributed by atoms with Gasteiger partial charge >= 0.3 is 0 Å². The molecule has 2 aromatic rings. The van der Waals surface area contributed by atoms with Gasteiger partial charge in [-0.3, -0.25) is 4.79 Å². The lowest BCUT2D eigenvalue weighted by Crippen LogP contribution is -2.08. The van der Waals surface area contributed by atoms with E-state index in [4.69, 9.17) is 27.9 Å². The van der Waals surface area contributed by atoms with E-state index in [1.165, 1.54) is 0 Å². The highest BCUT2D eigenvalue weighted by atomic mass is 35.5. The van der Waals surface area contributed by atoms with Gasteiger partial charge in [-0.05, 0) is 17.7 Å². The Morgan fingerprint density at radius 3 is 2.79 bits per heavy atom. The summed E-state index contributed by atoms with van der Waals surface area (Å²) < 4.78 is 6.65. The normalized spacial score (nSPS) is 10.7. The van der Waals surface area contributed by atoms with Crippen LogP contribution in [0.5, 0.6) is 0 Å². The van der Waals surface area contributed by atoms with Gasteiger partial charge in [0.15, 0.2) is 12.0 Å². The summed E-state index contributed by atoms with van der Waals surface area (Å²) in [4.78, 5) is 10.9. The van der Waals surface area contributed by atoms with Crippen molar-refractivity contribution in [2.45, 2.75) is 13.2 Å². The van der Waals surface area contributed by atoms with Gasteiger partial charge in [0.2, 0.25) is 0 Å². The zero-order valence-corrected chi connectivity index (χ0v) is 11.6. The van der Waals surface area contributed by atoms with Crippen molar-refractivity contribution in [1.82, 2.24) is 15.0 Å². The van der Waals surface area contributed by atoms with E-state index in [9.17, 15) is 4.79 Å². The van der Waals surface area contributed by atoms with Gasteiger partial charge in [-0.1, -0.05) is 34.5 Å². The van der Waals surface area contributed by atoms with Crippen LogP contribution in [-0.2, 0) is 17.9 Å². The number of benzene rings is 1. The van der Waals surface area contributed by atoms with Crippen molar-refractivity contribution < 1.29 is 9.53 Å². The van der Waals surface area contributed by atoms with E-state index < -0.39 is 0 Å². The minimum atomic E-state index is 0.266. The van der Waals surface area contributed by atoms with Crippen LogP contribution in [0.1, 0.15) is 21.7 Å². The zero-order chi connectivity index (χ0) is 13.8. The molecular weight excluding hydrogens is 289 g/mol. The van der Waals surface area contributed by atoms with Crippen LogP contribution in [0.4, 0.5) is 0 Å². The van der Waals surface area contributed by atoms with Gasteiger partial charge in [0.25, 0.3) is 0 Å². The number of methoxy groups -OCH3 is 1. The quantitative estimate of drug-likeness (QED) is 0.796. The van der Waals surface area contributed by atoms with E-state index in [-0.39, 0.29) is 12.3 Å². The second-order valence-electron chi connectivity index (χ2n) is 3.88. The summed E-state index contributed by atoms with van der Waals surface area (Å²) in [6, 6.07) is 5.31. The first kappa shape index (κ1) is 14.0. The maximum Gasteiger partial charge on any atom is 0.172 e. The second kappa shape index (κ2) is 6.14. The van der Waals surface area contributed by atoms with Crippen molar-refractivity contribution in [2.24, 2.45) is 0 Å². The standard InChI is InChI=1S/C12H11Cl2N3O2/c1-19-7-12-11(6-18)15-16-17(12)5-8-2-3-9(13)10(14)4-8/h2-4,6H,5,7H2,1H3. The lowest BCUT2D eigenvalue weighted by Gasteiger charge is -2.07. The van der Waals surface area contributed by atoms with E-state index in [1.54, 1.807) is 23.9 Å². The van der Waals surface area contributed by atoms with Crippen molar-refractivity contribution in [3.05, 3.63) is 45.2 Å². The molecule has 7 heteroatoms. The Morgan fingerprint density at radius 2 is 2.16 bits per heavy atom. The van der Waals surface area contributed by atoms with E-state index in [0.29, 0.717) is 28.6 Å². The molecule has 0 spiro atoms. The molecule has 0 bridgehead atoms. The van der Waals surface area contributed by atoms with Crippen LogP contribution >= 0.6 is 23.2 Å². The molecule has 0 unspecified atom stereocenters. The third-order valence-corrected chi connectivity index (χ3v) is 3.32. The van der Waals surface area contributed by atoms with E-state index in [0.717, 1.165) is 5.56 Å². The summed E-state index contributed by atoms with van der Waals surface area (Å²) in [5.74, 6) is 0. The Morgan fingerprint density at radius 1 is 1.37 bits per heavy atom. The summed E-state index contributed by atoms with van der Waals surface area (Å²) in [6.07, 6.45) is 0.659. The van der Waals surface area contributed by atoms with Crippen molar-refractivity contribution >= 4 is 29.5 Å². The Bertz CT molecular complexity index is 599. The van der Waals surface area contributed by atoms with E-state index in [2.05, 4.69) is 10.3 Å². The van der Waals surface area contributed by atoms with Gasteiger partial charge in [-0.2, -0.15) is 0 Å². The topological polar surface area (TPSA) is 57.0 Å². The Kier molecular flexibility index (Phi) is 4.52. The van der Waals surface area contributed by atoms with Gasteiger partial charge in [-0.25, -0.2) is 4.68 Å². The summed E-state index contributed by atoms with van der Waals surface area (Å²) in [5.41, 5.74) is 1.82. The first-order valence-electron chi connectivity index (χ1n) is 5.46. The molecule has 5 nitrogen and oxygen atoms in total. The number of carbonyl (C=O) groups excluding carboxylic acids is 1. The summed E-state index contributed by atoms with van der Waals surface area (Å²) in [6.45, 7) is 0.707. The summed E-state index contributed by atoms with van der Waals surface area (Å²) >= 11 is 11.8. The summed E-state index contributed by atoms with van der Waals surface area (Å²) in [5, 5.41) is 8.70. The molecular formula is C12H11Cl2N3O2. The number of carbonyl (C=O) groups is 1. The highest BCUT2D eigenvalue weighted by molar-refractivity contribution is 6.42. The Labute approximate surface area is 120 Å². The first-order chi connectivity index (χ1) is 9.15. The molecule has 1 aromatic heterocycles. The highest BCUT2D eigenvalue weighted by Crippen LogP contribution is 2.23. The van der Waals surface area contributed by atoms with Crippen molar-refractivity contribution in [2.75, 3.05) is 7.11 Å². The number of nitrogens with zero attached hydrogens (tertiary/aromatic N) is 3. The molecule has 0 atom stereocenters. The monoisotopic (exact) mass is 299 g/mol. The Balaban J connectivity index is 2.29. The number of halogens is 2. The molecule has 0 fully saturated rings. The van der Waals surface area contributed by atoms with Gasteiger partial charge in [0, 0.05) is 7.11 Å². The molecule has 0 saturated carbocycles. The van der Waals surface area contributed by atoms with Gasteiger partial charge in [0.05, 0.1) is 28.9 Å². The highest BCUT2D eigenvalue weighted by Gasteiger charge is 2.12. The first-order valence-corrected chi connectivity index (χ1v) is 6.21. The van der Waals surface area contributed by atoms with Crippen LogP contribution in [0.2, 0.25) is 10.0 Å². The van der Waals surface area contributed by atoms with Crippen molar-refractivity contribution in [1.29, 1.82) is 0 Å². The molecule has 0 aliphatic carbocycles. The third kappa shape index (κ3) is 3.12. The minimum absolute atomic E-state index is 0.266. The van der Waals surface area contributed by atoms with Crippen LogP contribution in [0, 0.1) is 0 Å². The zero-order valence-electron chi connectivity index (χ0n) is 10.1. The van der Waals surface area contributed by atoms with E-state index >= 15 is 0 Å². The number of rotatable bonds is 5. The van der Waals surface area contributed by atoms with Gasteiger partial charge < -0.3 is 4.74 Å². The van der Waals surface area contributed by atoms with Crippen LogP contribution < -0.4 is 0 Å². The number of aromatic nitrogens is 3. The lowest BCUT2D eigenvalue weighted by molar-refractivity contribution is 0.111. The molecule has 0 aliphatic heterocycles. The fourth-order valence-corrected chi connectivity index (χ4v) is 1.98. The molecule has 1 heterocycles. The predicted molar refractivity (Wildman–Crippen MR) is 71.7 cm³/mol. The maximum absolute atomic E-state index is 10.9. The summed E-state index contributed by atoms with van der Waals surface area (Å²) in [7, 11) is 1.55. The van der Waals surface area contributed by atoms with Gasteiger partial charge in [-0.15, -0.1) is 5.10 Å². The average Bonchev–Trinajstić information content (AvgIpc) is 2.77. The van der Waals surface area contributed by atoms with Crippen molar-refractivity contribution in [3.8, 4) is 0 Å². The number of ether oxygens (including phenoxy) is 1. The molecule has 0 N–H and O–H groups in total. The Hall–Kier alpha value is -1.43. The molecule has 0 aliphatic rings. The van der Waals surface area contributed by atoms with Gasteiger partial charge in [0.1, 0.15) is 0 Å². The predicted octanol–water partition coefficient (Wildman–Crippen LogP) is 2.59. The molecule has 0 amide bonds. The maximum atomic E-state index is 10.9. The fourth-order valence-electron chi connectivity index (χ4n) is 1.66. The van der Waals surface area contributed by atoms with Crippen LogP contribution in [0.25, 0.3) is 0 Å². The largest absolute Gasteiger partial charge is 0.378 e. The molecule has 0 radical (unpaired) electrons. The van der Waals surface area contributed by atoms with E-state index in [1.807, 2.05) is 6.07 Å². The SMILES string of the molecule is COCc1c(C=O)nnn1Cc1ccc(Cl)c(Cl)c1. The molecule has 100 valence electrons. The van der Waals surface area contributed by atoms with Crippen LogP contribution in [-0.4, -0.2) is 28.4 Å². The molecule has 19 heavy (non-hydrogen) atoms. The van der Waals surface area contributed by atoms with Crippen LogP contribution in [0.15, 0.2) is 18.2 Å².